The van der Waals surface area contributed by atoms with Crippen molar-refractivity contribution in [2.45, 2.75) is 44.1 Å². The smallest absolute Gasteiger partial charge is 0.307 e. The molecule has 0 aliphatic carbocycles. The number of carbonyl (C=O) groups is 1. The molecule has 2 aromatic rings. The van der Waals surface area contributed by atoms with E-state index < -0.39 is 17.5 Å². The van der Waals surface area contributed by atoms with Crippen LogP contribution in [-0.2, 0) is 16.8 Å². The number of aliphatic hydroxyl groups is 1. The summed E-state index contributed by atoms with van der Waals surface area (Å²) in [5.74, 6) is -1.34. The maximum Gasteiger partial charge on any atom is 0.307 e. The lowest BCUT2D eigenvalue weighted by Gasteiger charge is -2.23. The van der Waals surface area contributed by atoms with Gasteiger partial charge in [0.15, 0.2) is 5.82 Å². The molecule has 140 valence electrons. The summed E-state index contributed by atoms with van der Waals surface area (Å²) in [5, 5.41) is 37.5. The Morgan fingerprint density at radius 3 is 2.65 bits per heavy atom. The quantitative estimate of drug-likeness (QED) is 0.558. The average molecular weight is 359 g/mol. The minimum atomic E-state index is -0.843. The standard InChI is InChI=1S/C18H25N5O3/c1-2-3-14(17(24)25)15(16-20-22-23-21-16)10-12-4-6-13(7-5-12)18(26)8-9-19-11-18/h4-7,14-15,19,26H,2-3,8-11H2,1H3,(H,24,25)(H,20,21,22,23). The van der Waals surface area contributed by atoms with Crippen LogP contribution in [0.25, 0.3) is 0 Å². The Bertz CT molecular complexity index is 711. The monoisotopic (exact) mass is 359 g/mol. The fourth-order valence-corrected chi connectivity index (χ4v) is 3.68. The molecule has 2 heterocycles. The van der Waals surface area contributed by atoms with E-state index in [-0.39, 0.29) is 5.92 Å². The Labute approximate surface area is 152 Å². The molecule has 1 aliphatic rings. The number of carboxylic acids is 1. The second kappa shape index (κ2) is 7.92. The number of rotatable bonds is 8. The van der Waals surface area contributed by atoms with Crippen molar-refractivity contribution in [3.63, 3.8) is 0 Å². The molecule has 0 radical (unpaired) electrons. The predicted octanol–water partition coefficient (Wildman–Crippen LogP) is 1.21. The zero-order valence-corrected chi connectivity index (χ0v) is 14.9. The van der Waals surface area contributed by atoms with Crippen molar-refractivity contribution in [3.05, 3.63) is 41.2 Å². The summed E-state index contributed by atoms with van der Waals surface area (Å²) in [4.78, 5) is 11.8. The SMILES string of the molecule is CCCC(C(=O)O)C(Cc1ccc(C2(O)CCNC2)cc1)c1nn[nH]n1. The molecule has 3 rings (SSSR count). The van der Waals surface area contributed by atoms with E-state index in [1.54, 1.807) is 0 Å². The first-order valence-electron chi connectivity index (χ1n) is 9.02. The van der Waals surface area contributed by atoms with Crippen LogP contribution in [0.1, 0.15) is 49.1 Å². The summed E-state index contributed by atoms with van der Waals surface area (Å²) in [5.41, 5.74) is 1.04. The second-order valence-electron chi connectivity index (χ2n) is 6.97. The molecule has 0 bridgehead atoms. The summed E-state index contributed by atoms with van der Waals surface area (Å²) >= 11 is 0. The van der Waals surface area contributed by atoms with E-state index in [9.17, 15) is 15.0 Å². The Morgan fingerprint density at radius 2 is 2.12 bits per heavy atom. The van der Waals surface area contributed by atoms with Gasteiger partial charge < -0.3 is 15.5 Å². The Balaban J connectivity index is 1.81. The molecule has 0 saturated carbocycles. The van der Waals surface area contributed by atoms with Crippen molar-refractivity contribution in [2.75, 3.05) is 13.1 Å². The minimum absolute atomic E-state index is 0.353. The predicted molar refractivity (Wildman–Crippen MR) is 94.5 cm³/mol. The number of hydrogen-bond donors (Lipinski definition) is 4. The molecule has 0 spiro atoms. The van der Waals surface area contributed by atoms with E-state index in [2.05, 4.69) is 25.9 Å². The van der Waals surface area contributed by atoms with Crippen LogP contribution in [0.3, 0.4) is 0 Å². The second-order valence-corrected chi connectivity index (χ2v) is 6.97. The summed E-state index contributed by atoms with van der Waals surface area (Å²) in [6.07, 6.45) is 2.52. The van der Waals surface area contributed by atoms with Gasteiger partial charge in [0, 0.05) is 12.5 Å². The lowest BCUT2D eigenvalue weighted by molar-refractivity contribution is -0.142. The number of benzene rings is 1. The number of nitrogens with one attached hydrogen (secondary N) is 2. The van der Waals surface area contributed by atoms with Gasteiger partial charge in [0.2, 0.25) is 0 Å². The van der Waals surface area contributed by atoms with Crippen LogP contribution in [0.2, 0.25) is 0 Å². The van der Waals surface area contributed by atoms with E-state index in [1.807, 2.05) is 31.2 Å². The maximum atomic E-state index is 11.8. The Morgan fingerprint density at radius 1 is 1.35 bits per heavy atom. The van der Waals surface area contributed by atoms with Gasteiger partial charge in [-0.25, -0.2) is 0 Å². The molecule has 1 aromatic heterocycles. The third kappa shape index (κ3) is 3.91. The number of β-amino-alcohol motifs (C(OH)–C–C–N with tert-alkyl or cyclic N) is 1. The van der Waals surface area contributed by atoms with Crippen molar-refractivity contribution in [2.24, 2.45) is 5.92 Å². The van der Waals surface area contributed by atoms with Crippen molar-refractivity contribution in [3.8, 4) is 0 Å². The van der Waals surface area contributed by atoms with Crippen LogP contribution in [0.5, 0.6) is 0 Å². The number of nitrogens with zero attached hydrogens (tertiary/aromatic N) is 3. The van der Waals surface area contributed by atoms with Gasteiger partial charge in [-0.15, -0.1) is 10.2 Å². The number of aromatic nitrogens is 4. The molecule has 8 nitrogen and oxygen atoms in total. The molecule has 26 heavy (non-hydrogen) atoms. The highest BCUT2D eigenvalue weighted by atomic mass is 16.4. The maximum absolute atomic E-state index is 11.8. The van der Waals surface area contributed by atoms with Crippen molar-refractivity contribution in [1.29, 1.82) is 0 Å². The van der Waals surface area contributed by atoms with Crippen LogP contribution in [0, 0.1) is 5.92 Å². The number of aliphatic carboxylic acids is 1. The lowest BCUT2D eigenvalue weighted by atomic mass is 9.83. The highest BCUT2D eigenvalue weighted by Crippen LogP contribution is 2.32. The summed E-state index contributed by atoms with van der Waals surface area (Å²) in [7, 11) is 0. The van der Waals surface area contributed by atoms with Crippen molar-refractivity contribution >= 4 is 5.97 Å². The van der Waals surface area contributed by atoms with Gasteiger partial charge in [0.1, 0.15) is 5.60 Å². The molecule has 0 amide bonds. The first-order chi connectivity index (χ1) is 12.5. The van der Waals surface area contributed by atoms with Gasteiger partial charge in [-0.3, -0.25) is 4.79 Å². The molecular weight excluding hydrogens is 334 g/mol. The van der Waals surface area contributed by atoms with Crippen LogP contribution < -0.4 is 5.32 Å². The number of tetrazole rings is 1. The molecule has 3 unspecified atom stereocenters. The van der Waals surface area contributed by atoms with E-state index in [0.717, 1.165) is 24.1 Å². The van der Waals surface area contributed by atoms with E-state index in [4.69, 9.17) is 0 Å². The molecular formula is C18H25N5O3. The van der Waals surface area contributed by atoms with Crippen LogP contribution in [0.15, 0.2) is 24.3 Å². The molecule has 1 aliphatic heterocycles. The minimum Gasteiger partial charge on any atom is -0.481 e. The fourth-order valence-electron chi connectivity index (χ4n) is 3.68. The summed E-state index contributed by atoms with van der Waals surface area (Å²) in [6.45, 7) is 3.32. The molecule has 8 heteroatoms. The molecule has 1 saturated heterocycles. The molecule has 4 N–H and O–H groups in total. The van der Waals surface area contributed by atoms with Crippen molar-refractivity contribution < 1.29 is 15.0 Å². The number of carboxylic acid groups (broad SMARTS) is 1. The van der Waals surface area contributed by atoms with Crippen LogP contribution >= 0.6 is 0 Å². The van der Waals surface area contributed by atoms with E-state index in [0.29, 0.717) is 31.6 Å². The van der Waals surface area contributed by atoms with Crippen molar-refractivity contribution in [1.82, 2.24) is 25.9 Å². The zero-order chi connectivity index (χ0) is 18.6. The molecule has 3 atom stereocenters. The Hall–Kier alpha value is -2.32. The highest BCUT2D eigenvalue weighted by Gasteiger charge is 2.34. The van der Waals surface area contributed by atoms with E-state index in [1.165, 1.54) is 0 Å². The molecule has 1 aromatic carbocycles. The number of hydrogen-bond acceptors (Lipinski definition) is 6. The zero-order valence-electron chi connectivity index (χ0n) is 14.9. The summed E-state index contributed by atoms with van der Waals surface area (Å²) < 4.78 is 0. The first kappa shape index (κ1) is 18.5. The highest BCUT2D eigenvalue weighted by molar-refractivity contribution is 5.71. The van der Waals surface area contributed by atoms with Gasteiger partial charge in [-0.1, -0.05) is 42.8 Å². The number of H-pyrrole nitrogens is 1. The topological polar surface area (TPSA) is 124 Å². The third-order valence-corrected chi connectivity index (χ3v) is 5.18. The summed E-state index contributed by atoms with van der Waals surface area (Å²) in [6, 6.07) is 7.74. The van der Waals surface area contributed by atoms with Gasteiger partial charge in [-0.2, -0.15) is 5.21 Å². The van der Waals surface area contributed by atoms with Gasteiger partial charge in [0.25, 0.3) is 0 Å². The van der Waals surface area contributed by atoms with Crippen LogP contribution in [0.4, 0.5) is 0 Å². The largest absolute Gasteiger partial charge is 0.481 e. The molecule has 1 fully saturated rings. The average Bonchev–Trinajstić information content (AvgIpc) is 3.31. The Kier molecular flexibility index (Phi) is 5.63. The van der Waals surface area contributed by atoms with Crippen LogP contribution in [-0.4, -0.2) is 49.9 Å². The lowest BCUT2D eigenvalue weighted by Crippen LogP contribution is -2.28. The van der Waals surface area contributed by atoms with Gasteiger partial charge in [-0.05, 0) is 36.9 Å². The first-order valence-corrected chi connectivity index (χ1v) is 9.02. The van der Waals surface area contributed by atoms with Gasteiger partial charge in [0.05, 0.1) is 5.92 Å². The van der Waals surface area contributed by atoms with E-state index >= 15 is 0 Å². The fraction of sp³-hybridized carbons (Fsp3) is 0.556. The van der Waals surface area contributed by atoms with Gasteiger partial charge >= 0.3 is 5.97 Å². The number of aromatic amines is 1. The normalized spacial score (nSPS) is 22.2. The third-order valence-electron chi connectivity index (χ3n) is 5.18.